The van der Waals surface area contributed by atoms with Crippen LogP contribution in [0.1, 0.15) is 32.2 Å². The zero-order chi connectivity index (χ0) is 12.0. The van der Waals surface area contributed by atoms with E-state index in [2.05, 4.69) is 5.10 Å². The van der Waals surface area contributed by atoms with Gasteiger partial charge in [0.1, 0.15) is 4.90 Å². The zero-order valence-electron chi connectivity index (χ0n) is 9.70. The third-order valence-corrected chi connectivity index (χ3v) is 3.30. The van der Waals surface area contributed by atoms with Gasteiger partial charge in [0.15, 0.2) is 0 Å². The molecular formula is C9H17N3O2S. The average Bonchev–Trinajstić information content (AvgIpc) is 2.22. The molecule has 0 aliphatic carbocycles. The summed E-state index contributed by atoms with van der Waals surface area (Å²) < 4.78 is 24.4. The van der Waals surface area contributed by atoms with Crippen LogP contribution in [-0.2, 0) is 15.6 Å². The molecule has 0 bridgehead atoms. The minimum absolute atomic E-state index is 0.137. The molecular weight excluding hydrogens is 214 g/mol. The summed E-state index contributed by atoms with van der Waals surface area (Å²) in [7, 11) is -3.69. The Labute approximate surface area is 90.3 Å². The molecule has 2 N–H and O–H groups in total. The van der Waals surface area contributed by atoms with Crippen molar-refractivity contribution in [3.8, 4) is 0 Å². The number of aryl methyl sites for hydroxylation is 1. The second kappa shape index (κ2) is 3.31. The molecule has 0 aliphatic rings. The Balaban J connectivity index is 3.55. The van der Waals surface area contributed by atoms with Crippen molar-refractivity contribution < 1.29 is 8.42 Å². The van der Waals surface area contributed by atoms with Crippen molar-refractivity contribution >= 4 is 10.0 Å². The van der Waals surface area contributed by atoms with Gasteiger partial charge in [-0.3, -0.25) is 4.68 Å². The van der Waals surface area contributed by atoms with Crippen LogP contribution >= 0.6 is 0 Å². The van der Waals surface area contributed by atoms with Crippen LogP contribution in [0.4, 0.5) is 0 Å². The van der Waals surface area contributed by atoms with Crippen molar-refractivity contribution in [2.24, 2.45) is 5.14 Å². The van der Waals surface area contributed by atoms with E-state index in [1.165, 1.54) is 0 Å². The van der Waals surface area contributed by atoms with Gasteiger partial charge in [-0.15, -0.1) is 0 Å². The smallest absolute Gasteiger partial charge is 0.241 e. The van der Waals surface area contributed by atoms with Gasteiger partial charge in [0.2, 0.25) is 10.0 Å². The van der Waals surface area contributed by atoms with E-state index in [-0.39, 0.29) is 10.4 Å². The summed E-state index contributed by atoms with van der Waals surface area (Å²) in [5.74, 6) is 0. The highest BCUT2D eigenvalue weighted by molar-refractivity contribution is 7.89. The molecule has 5 nitrogen and oxygen atoms in total. The highest BCUT2D eigenvalue weighted by atomic mass is 32.2. The van der Waals surface area contributed by atoms with Crippen LogP contribution in [0.15, 0.2) is 4.90 Å². The first-order chi connectivity index (χ1) is 6.55. The summed E-state index contributed by atoms with van der Waals surface area (Å²) >= 11 is 0. The zero-order valence-corrected chi connectivity index (χ0v) is 10.5. The first kappa shape index (κ1) is 12.2. The highest BCUT2D eigenvalue weighted by Gasteiger charge is 2.25. The Morgan fingerprint density at radius 1 is 1.27 bits per heavy atom. The molecule has 0 saturated carbocycles. The van der Waals surface area contributed by atoms with Crippen LogP contribution in [0.25, 0.3) is 0 Å². The number of sulfonamides is 1. The molecule has 0 saturated heterocycles. The molecule has 0 atom stereocenters. The Kier molecular flexibility index (Phi) is 2.69. The maximum atomic E-state index is 11.3. The minimum Gasteiger partial charge on any atom is -0.263 e. The van der Waals surface area contributed by atoms with Gasteiger partial charge < -0.3 is 0 Å². The molecule has 6 heteroatoms. The lowest BCUT2D eigenvalue weighted by atomic mass is 10.1. The molecule has 0 amide bonds. The SMILES string of the molecule is Cc1nn(C(C)(C)C)c(C)c1S(N)(=O)=O. The van der Waals surface area contributed by atoms with Gasteiger partial charge in [-0.2, -0.15) is 5.10 Å². The van der Waals surface area contributed by atoms with Crippen molar-refractivity contribution in [3.05, 3.63) is 11.4 Å². The molecule has 1 aromatic heterocycles. The number of primary sulfonamides is 1. The Morgan fingerprint density at radius 3 is 1.93 bits per heavy atom. The summed E-state index contributed by atoms with van der Waals surface area (Å²) in [6, 6.07) is 0. The van der Waals surface area contributed by atoms with Crippen LogP contribution in [0, 0.1) is 13.8 Å². The number of nitrogens with zero attached hydrogens (tertiary/aromatic N) is 2. The van der Waals surface area contributed by atoms with Gasteiger partial charge in [0, 0.05) is 0 Å². The largest absolute Gasteiger partial charge is 0.263 e. The summed E-state index contributed by atoms with van der Waals surface area (Å²) in [6.07, 6.45) is 0. The molecule has 0 unspecified atom stereocenters. The fourth-order valence-electron chi connectivity index (χ4n) is 1.69. The third kappa shape index (κ3) is 2.21. The molecule has 1 aromatic rings. The van der Waals surface area contributed by atoms with Gasteiger partial charge in [-0.25, -0.2) is 13.6 Å². The molecule has 1 heterocycles. The average molecular weight is 231 g/mol. The maximum Gasteiger partial charge on any atom is 0.241 e. The molecule has 1 rings (SSSR count). The standard InChI is InChI=1S/C9H17N3O2S/c1-6-8(15(10,13)14)7(2)12(11-6)9(3,4)5/h1-5H3,(H2,10,13,14). The van der Waals surface area contributed by atoms with Crippen molar-refractivity contribution in [1.29, 1.82) is 0 Å². The predicted octanol–water partition coefficient (Wildman–Crippen LogP) is 0.902. The van der Waals surface area contributed by atoms with Crippen LogP contribution in [-0.4, -0.2) is 18.2 Å². The molecule has 0 radical (unpaired) electrons. The van der Waals surface area contributed by atoms with Crippen LogP contribution in [0.3, 0.4) is 0 Å². The number of hydrogen-bond acceptors (Lipinski definition) is 3. The van der Waals surface area contributed by atoms with Gasteiger partial charge in [0.05, 0.1) is 16.9 Å². The Hall–Kier alpha value is -0.880. The van der Waals surface area contributed by atoms with Crippen LogP contribution in [0.5, 0.6) is 0 Å². The highest BCUT2D eigenvalue weighted by Crippen LogP contribution is 2.23. The van der Waals surface area contributed by atoms with E-state index in [1.807, 2.05) is 20.8 Å². The number of hydrogen-bond donors (Lipinski definition) is 1. The van der Waals surface area contributed by atoms with Gasteiger partial charge in [-0.05, 0) is 34.6 Å². The quantitative estimate of drug-likeness (QED) is 0.780. The fourth-order valence-corrected chi connectivity index (χ4v) is 2.64. The normalized spacial score (nSPS) is 13.2. The van der Waals surface area contributed by atoms with Gasteiger partial charge >= 0.3 is 0 Å². The van der Waals surface area contributed by atoms with E-state index >= 15 is 0 Å². The van der Waals surface area contributed by atoms with Gasteiger partial charge in [0.25, 0.3) is 0 Å². The molecule has 86 valence electrons. The first-order valence-corrected chi connectivity index (χ1v) is 6.19. The molecule has 0 spiro atoms. The Morgan fingerprint density at radius 2 is 1.73 bits per heavy atom. The molecule has 0 aromatic carbocycles. The summed E-state index contributed by atoms with van der Waals surface area (Å²) in [5.41, 5.74) is 0.782. The van der Waals surface area contributed by atoms with E-state index in [1.54, 1.807) is 18.5 Å². The monoisotopic (exact) mass is 231 g/mol. The lowest BCUT2D eigenvalue weighted by Gasteiger charge is -2.21. The minimum atomic E-state index is -3.69. The molecule has 0 fully saturated rings. The second-order valence-corrected chi connectivity index (χ2v) is 6.13. The van der Waals surface area contributed by atoms with Crippen molar-refractivity contribution in [2.45, 2.75) is 45.1 Å². The Bertz CT molecular complexity index is 480. The maximum absolute atomic E-state index is 11.3. The first-order valence-electron chi connectivity index (χ1n) is 4.64. The molecule has 15 heavy (non-hydrogen) atoms. The summed E-state index contributed by atoms with van der Waals surface area (Å²) in [6.45, 7) is 9.23. The number of nitrogens with two attached hydrogens (primary N) is 1. The second-order valence-electron chi connectivity index (χ2n) is 4.63. The van der Waals surface area contributed by atoms with E-state index in [4.69, 9.17) is 5.14 Å². The van der Waals surface area contributed by atoms with E-state index in [0.717, 1.165) is 0 Å². The third-order valence-electron chi connectivity index (χ3n) is 2.14. The fraction of sp³-hybridized carbons (Fsp3) is 0.667. The lowest BCUT2D eigenvalue weighted by Crippen LogP contribution is -2.25. The molecule has 0 aliphatic heterocycles. The van der Waals surface area contributed by atoms with E-state index in [9.17, 15) is 8.42 Å². The summed E-state index contributed by atoms with van der Waals surface area (Å²) in [4.78, 5) is 0.137. The van der Waals surface area contributed by atoms with E-state index < -0.39 is 10.0 Å². The van der Waals surface area contributed by atoms with Gasteiger partial charge in [-0.1, -0.05) is 0 Å². The predicted molar refractivity (Wildman–Crippen MR) is 58.1 cm³/mol. The van der Waals surface area contributed by atoms with Crippen LogP contribution in [0.2, 0.25) is 0 Å². The summed E-state index contributed by atoms with van der Waals surface area (Å²) in [5, 5.41) is 9.34. The number of aromatic nitrogens is 2. The van der Waals surface area contributed by atoms with Crippen LogP contribution < -0.4 is 5.14 Å². The number of rotatable bonds is 1. The van der Waals surface area contributed by atoms with E-state index in [0.29, 0.717) is 11.4 Å². The van der Waals surface area contributed by atoms with Crippen molar-refractivity contribution in [1.82, 2.24) is 9.78 Å². The lowest BCUT2D eigenvalue weighted by molar-refractivity contribution is 0.345. The topological polar surface area (TPSA) is 78.0 Å². The van der Waals surface area contributed by atoms with Crippen molar-refractivity contribution in [2.75, 3.05) is 0 Å². The van der Waals surface area contributed by atoms with Crippen molar-refractivity contribution in [3.63, 3.8) is 0 Å².